The van der Waals surface area contributed by atoms with Gasteiger partial charge in [-0.15, -0.1) is 24.8 Å². The minimum Gasteiger partial charge on any atom is -0.362 e. The van der Waals surface area contributed by atoms with Crippen LogP contribution < -0.4 is 10.2 Å². The number of hydrogen-bond acceptors (Lipinski definition) is 2. The lowest BCUT2D eigenvalue weighted by molar-refractivity contribution is -0.137. The van der Waals surface area contributed by atoms with Gasteiger partial charge in [0.1, 0.15) is 0 Å². The molecule has 2 atom stereocenters. The van der Waals surface area contributed by atoms with Gasteiger partial charge in [-0.05, 0) is 63.9 Å². The number of nitrogens with one attached hydrogen (secondary N) is 1. The molecule has 7 heteroatoms. The standard InChI is InChI=1S/C16H21F3N2.2ClH/c1-15(2)10-13-14(4-3-9-20-13)21(15)12-7-5-11(6-8-12)16(17,18)19;;/h5-8,13-14,20H,3-4,9-10H2,1-2H3;2*1H/t13-,14-;;/m0../s1. The molecule has 0 unspecified atom stereocenters. The second-order valence-corrected chi connectivity index (χ2v) is 6.70. The molecule has 1 N–H and O–H groups in total. The SMILES string of the molecule is CC1(C)C[C@@H]2NCCC[C@@H]2N1c1ccc(C(F)(F)F)cc1.Cl.Cl. The number of nitrogens with zero attached hydrogens (tertiary/aromatic N) is 1. The number of hydrogen-bond donors (Lipinski definition) is 1. The van der Waals surface area contributed by atoms with Crippen molar-refractivity contribution >= 4 is 30.5 Å². The van der Waals surface area contributed by atoms with E-state index in [1.807, 2.05) is 0 Å². The van der Waals surface area contributed by atoms with Gasteiger partial charge in [0.15, 0.2) is 0 Å². The summed E-state index contributed by atoms with van der Waals surface area (Å²) < 4.78 is 38.1. The highest BCUT2D eigenvalue weighted by Gasteiger charge is 2.46. The number of benzene rings is 1. The van der Waals surface area contributed by atoms with Gasteiger partial charge in [0, 0.05) is 23.3 Å². The molecule has 2 aliphatic heterocycles. The van der Waals surface area contributed by atoms with Crippen LogP contribution in [0, 0.1) is 0 Å². The van der Waals surface area contributed by atoms with Gasteiger partial charge in [0.05, 0.1) is 5.56 Å². The maximum Gasteiger partial charge on any atom is 0.416 e. The van der Waals surface area contributed by atoms with Gasteiger partial charge in [-0.25, -0.2) is 0 Å². The lowest BCUT2D eigenvalue weighted by atomic mass is 9.96. The monoisotopic (exact) mass is 370 g/mol. The number of alkyl halides is 3. The molecule has 3 rings (SSSR count). The summed E-state index contributed by atoms with van der Waals surface area (Å²) in [6.07, 6.45) is -1.02. The summed E-state index contributed by atoms with van der Waals surface area (Å²) in [7, 11) is 0. The third-order valence-corrected chi connectivity index (χ3v) is 4.72. The van der Waals surface area contributed by atoms with Crippen LogP contribution in [0.5, 0.6) is 0 Å². The molecule has 0 spiro atoms. The number of fused-ring (bicyclic) bond motifs is 1. The average molecular weight is 371 g/mol. The normalized spacial score (nSPS) is 26.0. The van der Waals surface area contributed by atoms with Crippen molar-refractivity contribution in [3.05, 3.63) is 29.8 Å². The number of anilines is 1. The van der Waals surface area contributed by atoms with Crippen LogP contribution in [-0.2, 0) is 6.18 Å². The molecule has 2 fully saturated rings. The Balaban J connectivity index is 0.00000132. The van der Waals surface area contributed by atoms with E-state index in [4.69, 9.17) is 0 Å². The van der Waals surface area contributed by atoms with Crippen LogP contribution in [0.4, 0.5) is 18.9 Å². The molecule has 23 heavy (non-hydrogen) atoms. The average Bonchev–Trinajstić information content (AvgIpc) is 2.67. The lowest BCUT2D eigenvalue weighted by Crippen LogP contribution is -2.49. The van der Waals surface area contributed by atoms with Crippen LogP contribution in [0.15, 0.2) is 24.3 Å². The van der Waals surface area contributed by atoms with Crippen molar-refractivity contribution in [2.75, 3.05) is 11.4 Å². The summed E-state index contributed by atoms with van der Waals surface area (Å²) in [5.74, 6) is 0. The zero-order valence-electron chi connectivity index (χ0n) is 13.2. The zero-order chi connectivity index (χ0) is 15.3. The van der Waals surface area contributed by atoms with E-state index in [9.17, 15) is 13.2 Å². The Labute approximate surface area is 147 Å². The van der Waals surface area contributed by atoms with Crippen LogP contribution >= 0.6 is 24.8 Å². The topological polar surface area (TPSA) is 15.3 Å². The van der Waals surface area contributed by atoms with E-state index in [1.54, 1.807) is 12.1 Å². The second-order valence-electron chi connectivity index (χ2n) is 6.70. The van der Waals surface area contributed by atoms with E-state index >= 15 is 0 Å². The highest BCUT2D eigenvalue weighted by Crippen LogP contribution is 2.41. The Kier molecular flexibility index (Phi) is 6.27. The van der Waals surface area contributed by atoms with E-state index < -0.39 is 11.7 Å². The predicted molar refractivity (Wildman–Crippen MR) is 91.9 cm³/mol. The molecule has 1 aromatic rings. The molecule has 2 aliphatic rings. The molecule has 0 radical (unpaired) electrons. The van der Waals surface area contributed by atoms with Crippen LogP contribution in [-0.4, -0.2) is 24.2 Å². The molecule has 2 nitrogen and oxygen atoms in total. The molecule has 0 aromatic heterocycles. The first kappa shape index (κ1) is 20.4. The van der Waals surface area contributed by atoms with E-state index in [-0.39, 0.29) is 30.4 Å². The summed E-state index contributed by atoms with van der Waals surface area (Å²) in [5.41, 5.74) is 0.276. The lowest BCUT2D eigenvalue weighted by Gasteiger charge is -2.39. The predicted octanol–water partition coefficient (Wildman–Crippen LogP) is 4.66. The van der Waals surface area contributed by atoms with E-state index in [0.29, 0.717) is 12.1 Å². The summed E-state index contributed by atoms with van der Waals surface area (Å²) in [6.45, 7) is 5.38. The van der Waals surface area contributed by atoms with Gasteiger partial charge < -0.3 is 10.2 Å². The summed E-state index contributed by atoms with van der Waals surface area (Å²) in [6, 6.07) is 6.43. The van der Waals surface area contributed by atoms with Crippen LogP contribution in [0.3, 0.4) is 0 Å². The highest BCUT2D eigenvalue weighted by molar-refractivity contribution is 5.85. The number of piperidine rings is 1. The molecule has 2 heterocycles. The molecule has 1 aromatic carbocycles. The number of rotatable bonds is 1. The third-order valence-electron chi connectivity index (χ3n) is 4.72. The maximum atomic E-state index is 12.7. The van der Waals surface area contributed by atoms with Gasteiger partial charge in [-0.3, -0.25) is 0 Å². The van der Waals surface area contributed by atoms with Crippen LogP contribution in [0.1, 0.15) is 38.7 Å². The first-order valence-electron chi connectivity index (χ1n) is 7.49. The molecule has 2 saturated heterocycles. The van der Waals surface area contributed by atoms with Crippen molar-refractivity contribution in [2.24, 2.45) is 0 Å². The first-order valence-corrected chi connectivity index (χ1v) is 7.49. The van der Waals surface area contributed by atoms with Crippen molar-refractivity contribution in [1.29, 1.82) is 0 Å². The fourth-order valence-electron chi connectivity index (χ4n) is 3.89. The molecule has 132 valence electrons. The Morgan fingerprint density at radius 1 is 1.13 bits per heavy atom. The first-order chi connectivity index (χ1) is 9.79. The summed E-state index contributed by atoms with van der Waals surface area (Å²) >= 11 is 0. The van der Waals surface area contributed by atoms with Gasteiger partial charge >= 0.3 is 6.18 Å². The van der Waals surface area contributed by atoms with Gasteiger partial charge in [-0.1, -0.05) is 0 Å². The summed E-state index contributed by atoms with van der Waals surface area (Å²) in [5, 5.41) is 3.55. The van der Waals surface area contributed by atoms with Crippen LogP contribution in [0.25, 0.3) is 0 Å². The van der Waals surface area contributed by atoms with E-state index in [2.05, 4.69) is 24.1 Å². The minimum absolute atomic E-state index is 0. The Bertz CT molecular complexity index is 517. The molecule has 0 saturated carbocycles. The fourth-order valence-corrected chi connectivity index (χ4v) is 3.89. The molecule has 0 aliphatic carbocycles. The Morgan fingerprint density at radius 3 is 2.30 bits per heavy atom. The van der Waals surface area contributed by atoms with Crippen molar-refractivity contribution in [3.8, 4) is 0 Å². The molecule has 0 amide bonds. The van der Waals surface area contributed by atoms with E-state index in [1.165, 1.54) is 12.1 Å². The Hall–Kier alpha value is -0.650. The van der Waals surface area contributed by atoms with Crippen molar-refractivity contribution < 1.29 is 13.2 Å². The van der Waals surface area contributed by atoms with Crippen molar-refractivity contribution in [2.45, 2.75) is 56.9 Å². The quantitative estimate of drug-likeness (QED) is 0.773. The molecule has 0 bridgehead atoms. The van der Waals surface area contributed by atoms with Crippen molar-refractivity contribution in [3.63, 3.8) is 0 Å². The third kappa shape index (κ3) is 3.89. The maximum absolute atomic E-state index is 12.7. The van der Waals surface area contributed by atoms with Gasteiger partial charge in [0.25, 0.3) is 0 Å². The zero-order valence-corrected chi connectivity index (χ0v) is 14.8. The number of halogens is 5. The minimum atomic E-state index is -4.27. The smallest absolute Gasteiger partial charge is 0.362 e. The van der Waals surface area contributed by atoms with Gasteiger partial charge in [-0.2, -0.15) is 13.2 Å². The van der Waals surface area contributed by atoms with Crippen LogP contribution in [0.2, 0.25) is 0 Å². The second kappa shape index (κ2) is 7.08. The molecular weight excluding hydrogens is 348 g/mol. The van der Waals surface area contributed by atoms with Gasteiger partial charge in [0.2, 0.25) is 0 Å². The fraction of sp³-hybridized carbons (Fsp3) is 0.625. The van der Waals surface area contributed by atoms with Crippen molar-refractivity contribution in [1.82, 2.24) is 5.32 Å². The van der Waals surface area contributed by atoms with E-state index in [0.717, 1.165) is 31.5 Å². The Morgan fingerprint density at radius 2 is 1.74 bits per heavy atom. The highest BCUT2D eigenvalue weighted by atomic mass is 35.5. The molecular formula is C16H23Cl2F3N2. The summed E-state index contributed by atoms with van der Waals surface area (Å²) in [4.78, 5) is 2.31. The largest absolute Gasteiger partial charge is 0.416 e.